The zero-order chi connectivity index (χ0) is 21.8. The molecule has 0 saturated heterocycles. The van der Waals surface area contributed by atoms with Crippen molar-refractivity contribution in [3.8, 4) is 17.2 Å². The number of nitrogens with zero attached hydrogens (tertiary/aromatic N) is 2. The Balaban J connectivity index is 0.00000480. The second-order valence-electron chi connectivity index (χ2n) is 7.43. The van der Waals surface area contributed by atoms with Crippen LogP contribution in [0.1, 0.15) is 25.3 Å². The molecule has 31 heavy (non-hydrogen) atoms. The van der Waals surface area contributed by atoms with Gasteiger partial charge in [-0.15, -0.1) is 12.4 Å². The van der Waals surface area contributed by atoms with Crippen LogP contribution in [0.25, 0.3) is 0 Å². The van der Waals surface area contributed by atoms with Crippen LogP contribution in [-0.4, -0.2) is 63.2 Å². The molecule has 2 aromatic rings. The summed E-state index contributed by atoms with van der Waals surface area (Å²) in [6, 6.07) is 15.2. The van der Waals surface area contributed by atoms with Gasteiger partial charge in [0, 0.05) is 19.6 Å². The van der Waals surface area contributed by atoms with Gasteiger partial charge in [0.1, 0.15) is 17.2 Å². The standard InChI is InChI=1S/C24H34N2O4.ClH/c1-5-6-16-29-21-10-12-22(13-11-21)30-19-24(27)26(15-14-25(2)3)18-20-8-7-9-23(17-20)28-4;/h7-13,17H,5-6,14-16,18-19H2,1-4H3;1H. The molecule has 0 heterocycles. The van der Waals surface area contributed by atoms with Gasteiger partial charge in [0.15, 0.2) is 6.61 Å². The Bertz CT molecular complexity index is 768. The second kappa shape index (κ2) is 14.5. The summed E-state index contributed by atoms with van der Waals surface area (Å²) in [6.07, 6.45) is 2.13. The highest BCUT2D eigenvalue weighted by atomic mass is 35.5. The molecule has 0 saturated carbocycles. The molecule has 2 aromatic carbocycles. The van der Waals surface area contributed by atoms with E-state index in [-0.39, 0.29) is 24.9 Å². The molecule has 0 fully saturated rings. The number of methoxy groups -OCH3 is 1. The summed E-state index contributed by atoms with van der Waals surface area (Å²) in [5, 5.41) is 0. The van der Waals surface area contributed by atoms with Gasteiger partial charge in [-0.2, -0.15) is 0 Å². The van der Waals surface area contributed by atoms with Crippen LogP contribution in [0.4, 0.5) is 0 Å². The number of unbranched alkanes of at least 4 members (excludes halogenated alkanes) is 1. The number of carbonyl (C=O) groups excluding carboxylic acids is 1. The first-order valence-corrected chi connectivity index (χ1v) is 10.4. The Kier molecular flexibility index (Phi) is 12.5. The molecule has 1 amide bonds. The highest BCUT2D eigenvalue weighted by molar-refractivity contribution is 5.85. The maximum Gasteiger partial charge on any atom is 0.260 e. The SMILES string of the molecule is CCCCOc1ccc(OCC(=O)N(CCN(C)C)Cc2cccc(OC)c2)cc1.Cl. The molecular formula is C24H35ClN2O4. The van der Waals surface area contributed by atoms with E-state index in [1.54, 1.807) is 7.11 Å². The molecule has 172 valence electrons. The van der Waals surface area contributed by atoms with E-state index >= 15 is 0 Å². The summed E-state index contributed by atoms with van der Waals surface area (Å²) in [7, 11) is 5.63. The smallest absolute Gasteiger partial charge is 0.260 e. The first kappa shape index (κ1) is 26.6. The van der Waals surface area contributed by atoms with Gasteiger partial charge in [-0.25, -0.2) is 0 Å². The molecule has 0 bridgehead atoms. The predicted octanol–water partition coefficient (Wildman–Crippen LogP) is 4.27. The van der Waals surface area contributed by atoms with Gasteiger partial charge in [0.25, 0.3) is 5.91 Å². The Morgan fingerprint density at radius 2 is 1.61 bits per heavy atom. The molecule has 0 atom stereocenters. The van der Waals surface area contributed by atoms with Gasteiger partial charge in [-0.05, 0) is 62.5 Å². The normalized spacial score (nSPS) is 10.4. The first-order chi connectivity index (χ1) is 14.5. The summed E-state index contributed by atoms with van der Waals surface area (Å²) in [4.78, 5) is 16.7. The van der Waals surface area contributed by atoms with Gasteiger partial charge in [-0.3, -0.25) is 4.79 Å². The molecule has 0 N–H and O–H groups in total. The van der Waals surface area contributed by atoms with Gasteiger partial charge < -0.3 is 24.0 Å². The third kappa shape index (κ3) is 9.94. The molecule has 0 aliphatic heterocycles. The summed E-state index contributed by atoms with van der Waals surface area (Å²) < 4.78 is 16.7. The summed E-state index contributed by atoms with van der Waals surface area (Å²) >= 11 is 0. The lowest BCUT2D eigenvalue weighted by molar-refractivity contribution is -0.134. The van der Waals surface area contributed by atoms with E-state index in [0.29, 0.717) is 25.4 Å². The Labute approximate surface area is 192 Å². The number of ether oxygens (including phenoxy) is 3. The number of likely N-dealkylation sites (N-methyl/N-ethyl adjacent to an activating group) is 1. The van der Waals surface area contributed by atoms with Crippen LogP contribution in [0.5, 0.6) is 17.2 Å². The van der Waals surface area contributed by atoms with Crippen molar-refractivity contribution < 1.29 is 19.0 Å². The van der Waals surface area contributed by atoms with Crippen LogP contribution in [0.3, 0.4) is 0 Å². The molecule has 0 radical (unpaired) electrons. The average molecular weight is 451 g/mol. The Hall–Kier alpha value is -2.44. The molecule has 0 aromatic heterocycles. The zero-order valence-corrected chi connectivity index (χ0v) is 19.8. The van der Waals surface area contributed by atoms with Crippen LogP contribution < -0.4 is 14.2 Å². The molecule has 6 nitrogen and oxygen atoms in total. The van der Waals surface area contributed by atoms with Crippen molar-refractivity contribution >= 4 is 18.3 Å². The Morgan fingerprint density at radius 3 is 2.23 bits per heavy atom. The highest BCUT2D eigenvalue weighted by Crippen LogP contribution is 2.18. The minimum Gasteiger partial charge on any atom is -0.497 e. The van der Waals surface area contributed by atoms with Crippen molar-refractivity contribution in [1.82, 2.24) is 9.80 Å². The molecule has 7 heteroatoms. The van der Waals surface area contributed by atoms with E-state index in [9.17, 15) is 4.79 Å². The van der Waals surface area contributed by atoms with Crippen LogP contribution >= 0.6 is 12.4 Å². The van der Waals surface area contributed by atoms with Crippen LogP contribution in [0.2, 0.25) is 0 Å². The van der Waals surface area contributed by atoms with Crippen LogP contribution in [0.15, 0.2) is 48.5 Å². The second-order valence-corrected chi connectivity index (χ2v) is 7.43. The van der Waals surface area contributed by atoms with E-state index in [0.717, 1.165) is 36.4 Å². The van der Waals surface area contributed by atoms with Crippen molar-refractivity contribution in [2.75, 3.05) is 47.5 Å². The first-order valence-electron chi connectivity index (χ1n) is 10.4. The number of amides is 1. The van der Waals surface area contributed by atoms with Gasteiger partial charge in [0.05, 0.1) is 13.7 Å². The molecule has 0 aliphatic rings. The predicted molar refractivity (Wildman–Crippen MR) is 127 cm³/mol. The maximum absolute atomic E-state index is 12.9. The number of carbonyl (C=O) groups is 1. The molecule has 0 aliphatic carbocycles. The van der Waals surface area contributed by atoms with Crippen molar-refractivity contribution in [3.05, 3.63) is 54.1 Å². The topological polar surface area (TPSA) is 51.2 Å². The summed E-state index contributed by atoms with van der Waals surface area (Å²) in [5.41, 5.74) is 1.02. The minimum absolute atomic E-state index is 0. The van der Waals surface area contributed by atoms with Gasteiger partial charge in [0.2, 0.25) is 0 Å². The van der Waals surface area contributed by atoms with E-state index in [1.807, 2.05) is 67.5 Å². The molecule has 0 spiro atoms. The quantitative estimate of drug-likeness (QED) is 0.427. The number of rotatable bonds is 13. The lowest BCUT2D eigenvalue weighted by Crippen LogP contribution is -2.39. The van der Waals surface area contributed by atoms with Crippen molar-refractivity contribution in [2.45, 2.75) is 26.3 Å². The van der Waals surface area contributed by atoms with E-state index in [2.05, 4.69) is 11.8 Å². The molecular weight excluding hydrogens is 416 g/mol. The lowest BCUT2D eigenvalue weighted by atomic mass is 10.2. The molecule has 2 rings (SSSR count). The zero-order valence-electron chi connectivity index (χ0n) is 19.0. The minimum atomic E-state index is -0.0528. The fourth-order valence-corrected chi connectivity index (χ4v) is 2.81. The van der Waals surface area contributed by atoms with E-state index < -0.39 is 0 Å². The van der Waals surface area contributed by atoms with Crippen LogP contribution in [-0.2, 0) is 11.3 Å². The largest absolute Gasteiger partial charge is 0.497 e. The fraction of sp³-hybridized carbons (Fsp3) is 0.458. The third-order valence-electron chi connectivity index (χ3n) is 4.63. The van der Waals surface area contributed by atoms with Crippen LogP contribution in [0, 0.1) is 0 Å². The van der Waals surface area contributed by atoms with Crippen molar-refractivity contribution in [3.63, 3.8) is 0 Å². The van der Waals surface area contributed by atoms with Crippen molar-refractivity contribution in [2.24, 2.45) is 0 Å². The fourth-order valence-electron chi connectivity index (χ4n) is 2.81. The third-order valence-corrected chi connectivity index (χ3v) is 4.63. The van der Waals surface area contributed by atoms with E-state index in [4.69, 9.17) is 14.2 Å². The number of benzene rings is 2. The van der Waals surface area contributed by atoms with Gasteiger partial charge in [-0.1, -0.05) is 25.5 Å². The summed E-state index contributed by atoms with van der Waals surface area (Å²) in [6.45, 7) is 4.74. The molecule has 0 unspecified atom stereocenters. The summed E-state index contributed by atoms with van der Waals surface area (Å²) in [5.74, 6) is 2.20. The number of hydrogen-bond donors (Lipinski definition) is 0. The monoisotopic (exact) mass is 450 g/mol. The van der Waals surface area contributed by atoms with E-state index in [1.165, 1.54) is 0 Å². The highest BCUT2D eigenvalue weighted by Gasteiger charge is 2.15. The number of hydrogen-bond acceptors (Lipinski definition) is 5. The van der Waals surface area contributed by atoms with Gasteiger partial charge >= 0.3 is 0 Å². The van der Waals surface area contributed by atoms with Crippen molar-refractivity contribution in [1.29, 1.82) is 0 Å². The average Bonchev–Trinajstić information content (AvgIpc) is 2.76. The Morgan fingerprint density at radius 1 is 0.935 bits per heavy atom. The number of halogens is 1. The maximum atomic E-state index is 12.9. The lowest BCUT2D eigenvalue weighted by Gasteiger charge is -2.25.